The van der Waals surface area contributed by atoms with Gasteiger partial charge in [-0.15, -0.1) is 0 Å². The first-order valence-electron chi connectivity index (χ1n) is 11.4. The smallest absolute Gasteiger partial charge is 0.311 e. The van der Waals surface area contributed by atoms with Crippen molar-refractivity contribution in [2.75, 3.05) is 6.61 Å². The summed E-state index contributed by atoms with van der Waals surface area (Å²) in [6, 6.07) is 1.79. The predicted molar refractivity (Wildman–Crippen MR) is 127 cm³/mol. The van der Waals surface area contributed by atoms with Gasteiger partial charge in [0.2, 0.25) is 0 Å². The van der Waals surface area contributed by atoms with Crippen molar-refractivity contribution in [2.24, 2.45) is 16.2 Å². The first-order chi connectivity index (χ1) is 15.4. The first kappa shape index (κ1) is 28.3. The summed E-state index contributed by atoms with van der Waals surface area (Å²) in [5.74, 6) is -1.59. The van der Waals surface area contributed by atoms with Crippen LogP contribution in [0.25, 0.3) is 0 Å². The molecule has 0 spiro atoms. The highest BCUT2D eigenvalue weighted by atomic mass is 32.1. The van der Waals surface area contributed by atoms with E-state index in [1.54, 1.807) is 68.4 Å². The number of rotatable bonds is 5. The summed E-state index contributed by atoms with van der Waals surface area (Å²) in [5.41, 5.74) is -1.79. The largest absolute Gasteiger partial charge is 0.462 e. The third kappa shape index (κ3) is 7.02. The van der Waals surface area contributed by atoms with Crippen LogP contribution < -0.4 is 0 Å². The topological polar surface area (TPSA) is 108 Å². The van der Waals surface area contributed by atoms with Crippen molar-refractivity contribution in [1.29, 1.82) is 0 Å². The van der Waals surface area contributed by atoms with Crippen LogP contribution in [0.1, 0.15) is 74.0 Å². The second kappa shape index (κ2) is 10.3. The van der Waals surface area contributed by atoms with Gasteiger partial charge in [-0.2, -0.15) is 11.3 Å². The Labute approximate surface area is 205 Å². The van der Waals surface area contributed by atoms with E-state index in [2.05, 4.69) is 0 Å². The molecular weight excluding hydrogens is 460 g/mol. The molecule has 0 aliphatic carbocycles. The van der Waals surface area contributed by atoms with Gasteiger partial charge in [-0.1, -0.05) is 0 Å². The fraction of sp³-hybridized carbons (Fsp3) is 0.720. The van der Waals surface area contributed by atoms with E-state index >= 15 is 0 Å². The standard InChI is InChI=1S/C25H38O8S/c1-23(2,3)20(27)30-12-15-18(32-21(28)24(4,5)6)19(33-22(29)25(7,8)9)16(26)17(31-15)14-10-11-34-13-14/h10-11,13,15-19,26H,12H2,1-9H3/t15-,16+,17-,18?,19-/m1/s1. The van der Waals surface area contributed by atoms with Crippen molar-refractivity contribution in [3.8, 4) is 0 Å². The minimum absolute atomic E-state index is 0.241. The van der Waals surface area contributed by atoms with Gasteiger partial charge in [-0.05, 0) is 84.7 Å². The quantitative estimate of drug-likeness (QED) is 0.478. The Bertz CT molecular complexity index is 857. The fourth-order valence-electron chi connectivity index (χ4n) is 3.03. The predicted octanol–water partition coefficient (Wildman–Crippen LogP) is 4.05. The van der Waals surface area contributed by atoms with Gasteiger partial charge in [0.15, 0.2) is 12.2 Å². The second-order valence-electron chi connectivity index (χ2n) is 11.7. The molecule has 2 heterocycles. The summed E-state index contributed by atoms with van der Waals surface area (Å²) in [6.07, 6.45) is -5.56. The minimum atomic E-state index is -1.31. The van der Waals surface area contributed by atoms with Gasteiger partial charge in [0.05, 0.1) is 16.2 Å². The van der Waals surface area contributed by atoms with Crippen molar-refractivity contribution in [2.45, 2.75) is 92.8 Å². The molecule has 0 aromatic carbocycles. The Morgan fingerprint density at radius 1 is 0.882 bits per heavy atom. The SMILES string of the molecule is CC(C)(C)C(=O)OC[C@H]1O[C@H](c2ccsc2)[C@H](O)[C@@H](OC(=O)C(C)(C)C)C1OC(=O)C(C)(C)C. The van der Waals surface area contributed by atoms with Crippen molar-refractivity contribution in [1.82, 2.24) is 0 Å². The molecule has 0 radical (unpaired) electrons. The highest BCUT2D eigenvalue weighted by Crippen LogP contribution is 2.38. The molecule has 1 fully saturated rings. The maximum atomic E-state index is 12.8. The van der Waals surface area contributed by atoms with Crippen molar-refractivity contribution < 1.29 is 38.4 Å². The lowest BCUT2D eigenvalue weighted by Gasteiger charge is -2.44. The van der Waals surface area contributed by atoms with Crippen molar-refractivity contribution >= 4 is 29.2 Å². The molecule has 1 aliphatic rings. The van der Waals surface area contributed by atoms with Gasteiger partial charge in [-0.25, -0.2) is 0 Å². The number of aliphatic hydroxyl groups excluding tert-OH is 1. The zero-order valence-corrected chi connectivity index (χ0v) is 22.4. The number of esters is 3. The summed E-state index contributed by atoms with van der Waals surface area (Å²) in [6.45, 7) is 15.1. The summed E-state index contributed by atoms with van der Waals surface area (Å²) < 4.78 is 23.1. The van der Waals surface area contributed by atoms with Crippen LogP contribution in [-0.4, -0.2) is 54.0 Å². The monoisotopic (exact) mass is 498 g/mol. The van der Waals surface area contributed by atoms with Crippen LogP contribution in [0.2, 0.25) is 0 Å². The van der Waals surface area contributed by atoms with Crippen LogP contribution in [-0.2, 0) is 33.3 Å². The van der Waals surface area contributed by atoms with Gasteiger partial charge in [0, 0.05) is 0 Å². The van der Waals surface area contributed by atoms with Gasteiger partial charge >= 0.3 is 17.9 Å². The summed E-state index contributed by atoms with van der Waals surface area (Å²) in [4.78, 5) is 38.1. The number of carbonyl (C=O) groups excluding carboxylic acids is 3. The fourth-order valence-corrected chi connectivity index (χ4v) is 3.71. The molecule has 1 N–H and O–H groups in total. The van der Waals surface area contributed by atoms with E-state index in [0.29, 0.717) is 5.56 Å². The summed E-state index contributed by atoms with van der Waals surface area (Å²) >= 11 is 1.42. The van der Waals surface area contributed by atoms with Crippen LogP contribution in [0.3, 0.4) is 0 Å². The number of carbonyl (C=O) groups is 3. The van der Waals surface area contributed by atoms with Crippen LogP contribution in [0.5, 0.6) is 0 Å². The molecule has 1 saturated heterocycles. The van der Waals surface area contributed by atoms with Crippen molar-refractivity contribution in [3.05, 3.63) is 22.4 Å². The third-order valence-electron chi connectivity index (χ3n) is 5.23. The summed E-state index contributed by atoms with van der Waals surface area (Å²) in [7, 11) is 0. The van der Waals surface area contributed by atoms with Gasteiger partial charge in [0.25, 0.3) is 0 Å². The van der Waals surface area contributed by atoms with Crippen molar-refractivity contribution in [3.63, 3.8) is 0 Å². The summed E-state index contributed by atoms with van der Waals surface area (Å²) in [5, 5.41) is 14.9. The van der Waals surface area contributed by atoms with E-state index in [9.17, 15) is 19.5 Å². The maximum absolute atomic E-state index is 12.8. The normalized spacial score (nSPS) is 26.0. The average molecular weight is 499 g/mol. The van der Waals surface area contributed by atoms with Crippen LogP contribution >= 0.6 is 11.3 Å². The number of aliphatic hydroxyl groups is 1. The Balaban J connectivity index is 2.46. The number of ether oxygens (including phenoxy) is 4. The lowest BCUT2D eigenvalue weighted by Crippen LogP contribution is -2.59. The molecule has 0 bridgehead atoms. The number of hydrogen-bond donors (Lipinski definition) is 1. The Morgan fingerprint density at radius 3 is 1.82 bits per heavy atom. The van der Waals surface area contributed by atoms with Gasteiger partial charge < -0.3 is 24.1 Å². The molecule has 8 nitrogen and oxygen atoms in total. The molecule has 9 heteroatoms. The Kier molecular flexibility index (Phi) is 8.59. The van der Waals surface area contributed by atoms with E-state index in [1.807, 2.05) is 10.8 Å². The van der Waals surface area contributed by atoms with Crippen LogP contribution in [0.4, 0.5) is 0 Å². The van der Waals surface area contributed by atoms with Gasteiger partial charge in [-0.3, -0.25) is 14.4 Å². The highest BCUT2D eigenvalue weighted by molar-refractivity contribution is 7.07. The first-order valence-corrected chi connectivity index (χ1v) is 12.3. The highest BCUT2D eigenvalue weighted by Gasteiger charge is 2.52. The molecule has 1 aliphatic heterocycles. The molecule has 0 saturated carbocycles. The lowest BCUT2D eigenvalue weighted by molar-refractivity contribution is -0.255. The molecule has 1 aromatic rings. The van der Waals surface area contributed by atoms with E-state index in [0.717, 1.165) is 0 Å². The molecule has 0 amide bonds. The molecule has 34 heavy (non-hydrogen) atoms. The van der Waals surface area contributed by atoms with Gasteiger partial charge in [0.1, 0.15) is 24.9 Å². The molecule has 1 aromatic heterocycles. The zero-order valence-electron chi connectivity index (χ0n) is 21.5. The molecule has 5 atom stereocenters. The molecule has 1 unspecified atom stereocenters. The van der Waals surface area contributed by atoms with Crippen LogP contribution in [0, 0.1) is 16.2 Å². The molecule has 2 rings (SSSR count). The molecule has 192 valence electrons. The Hall–Kier alpha value is -1.97. The van der Waals surface area contributed by atoms with E-state index in [1.165, 1.54) is 11.3 Å². The zero-order chi connectivity index (χ0) is 26.1. The van der Waals surface area contributed by atoms with E-state index < -0.39 is 64.7 Å². The number of thiophene rings is 1. The maximum Gasteiger partial charge on any atom is 0.311 e. The van der Waals surface area contributed by atoms with Crippen LogP contribution in [0.15, 0.2) is 16.8 Å². The lowest BCUT2D eigenvalue weighted by atomic mass is 9.90. The van der Waals surface area contributed by atoms with E-state index in [-0.39, 0.29) is 6.61 Å². The molecular formula is C25H38O8S. The minimum Gasteiger partial charge on any atom is -0.462 e. The Morgan fingerprint density at radius 2 is 1.38 bits per heavy atom. The van der Waals surface area contributed by atoms with E-state index in [4.69, 9.17) is 18.9 Å². The number of hydrogen-bond acceptors (Lipinski definition) is 9. The third-order valence-corrected chi connectivity index (χ3v) is 5.93. The second-order valence-corrected chi connectivity index (χ2v) is 12.5. The average Bonchev–Trinajstić information content (AvgIpc) is 3.21.